The van der Waals surface area contributed by atoms with E-state index in [0.29, 0.717) is 5.41 Å². The quantitative estimate of drug-likeness (QED) is 0.631. The van der Waals surface area contributed by atoms with Crippen molar-refractivity contribution >= 4 is 6.03 Å². The molecule has 80 valence electrons. The molecule has 2 aliphatic rings. The fraction of sp³-hybridized carbons (Fsp3) is 0.909. The first-order valence-electron chi connectivity index (χ1n) is 5.47. The molecular weight excluding hydrogens is 176 g/mol. The van der Waals surface area contributed by atoms with Gasteiger partial charge in [-0.15, -0.1) is 0 Å². The Morgan fingerprint density at radius 2 is 1.93 bits per heavy atom. The lowest BCUT2D eigenvalue weighted by Gasteiger charge is -2.25. The molecule has 0 bridgehead atoms. The van der Waals surface area contributed by atoms with Gasteiger partial charge in [0.25, 0.3) is 0 Å². The van der Waals surface area contributed by atoms with Crippen LogP contribution in [0.15, 0.2) is 0 Å². The molecule has 2 rings (SSSR count). The minimum absolute atomic E-state index is 0.112. The van der Waals surface area contributed by atoms with Crippen molar-refractivity contribution in [1.29, 1.82) is 0 Å². The predicted molar refractivity (Wildman–Crippen MR) is 56.1 cm³/mol. The molecule has 3 nitrogen and oxygen atoms in total. The molecule has 1 N–H and O–H groups in total. The third-order valence-electron chi connectivity index (χ3n) is 3.16. The smallest absolute Gasteiger partial charge is 0.317 e. The molecule has 3 heteroatoms. The van der Waals surface area contributed by atoms with Crippen molar-refractivity contribution in [3.8, 4) is 0 Å². The van der Waals surface area contributed by atoms with Gasteiger partial charge in [0.15, 0.2) is 0 Å². The van der Waals surface area contributed by atoms with E-state index in [4.69, 9.17) is 0 Å². The highest BCUT2D eigenvalue weighted by Crippen LogP contribution is 2.52. The van der Waals surface area contributed by atoms with Gasteiger partial charge < -0.3 is 10.2 Å². The van der Waals surface area contributed by atoms with Crippen LogP contribution < -0.4 is 5.32 Å². The van der Waals surface area contributed by atoms with E-state index >= 15 is 0 Å². The van der Waals surface area contributed by atoms with E-state index in [-0.39, 0.29) is 11.6 Å². The SMILES string of the molecule is CC(C)(C)NC(=O)N1CCC2(CC2)C1. The Balaban J connectivity index is 1.87. The number of nitrogens with one attached hydrogen (secondary N) is 1. The minimum atomic E-state index is -0.115. The monoisotopic (exact) mass is 196 g/mol. The number of nitrogens with zero attached hydrogens (tertiary/aromatic N) is 1. The van der Waals surface area contributed by atoms with Crippen LogP contribution >= 0.6 is 0 Å². The number of carbonyl (C=O) groups excluding carboxylic acids is 1. The predicted octanol–water partition coefficient (Wildman–Crippen LogP) is 1.98. The molecule has 1 heterocycles. The molecule has 1 saturated heterocycles. The van der Waals surface area contributed by atoms with E-state index in [2.05, 4.69) is 5.32 Å². The molecule has 2 fully saturated rings. The summed E-state index contributed by atoms with van der Waals surface area (Å²) in [5, 5.41) is 3.01. The molecular formula is C11H20N2O. The number of carbonyl (C=O) groups is 1. The van der Waals surface area contributed by atoms with Crippen LogP contribution in [-0.4, -0.2) is 29.6 Å². The summed E-state index contributed by atoms with van der Waals surface area (Å²) in [7, 11) is 0. The Hall–Kier alpha value is -0.730. The zero-order valence-corrected chi connectivity index (χ0v) is 9.39. The lowest BCUT2D eigenvalue weighted by atomic mass is 10.1. The maximum atomic E-state index is 11.8. The average molecular weight is 196 g/mol. The molecule has 1 aliphatic heterocycles. The van der Waals surface area contributed by atoms with Crippen LogP contribution in [0.1, 0.15) is 40.0 Å². The number of hydrogen-bond donors (Lipinski definition) is 1. The van der Waals surface area contributed by atoms with Gasteiger partial charge in [-0.3, -0.25) is 0 Å². The first-order valence-corrected chi connectivity index (χ1v) is 5.47. The largest absolute Gasteiger partial charge is 0.333 e. The average Bonchev–Trinajstić information content (AvgIpc) is 2.57. The Bertz CT molecular complexity index is 251. The highest BCUT2D eigenvalue weighted by molar-refractivity contribution is 5.75. The van der Waals surface area contributed by atoms with Crippen LogP contribution in [0.5, 0.6) is 0 Å². The fourth-order valence-corrected chi connectivity index (χ4v) is 2.09. The van der Waals surface area contributed by atoms with Crippen molar-refractivity contribution in [2.45, 2.75) is 45.6 Å². The summed E-state index contributed by atoms with van der Waals surface area (Å²) in [6, 6.07) is 0.112. The number of rotatable bonds is 0. The molecule has 2 amide bonds. The van der Waals surface area contributed by atoms with Crippen LogP contribution in [0.3, 0.4) is 0 Å². The van der Waals surface area contributed by atoms with Crippen LogP contribution in [0.2, 0.25) is 0 Å². The third kappa shape index (κ3) is 2.02. The second-order valence-electron chi connectivity index (χ2n) is 5.85. The topological polar surface area (TPSA) is 32.3 Å². The second-order valence-corrected chi connectivity index (χ2v) is 5.85. The van der Waals surface area contributed by atoms with Crippen LogP contribution in [-0.2, 0) is 0 Å². The van der Waals surface area contributed by atoms with Gasteiger partial charge in [-0.25, -0.2) is 4.79 Å². The van der Waals surface area contributed by atoms with Crippen molar-refractivity contribution in [2.24, 2.45) is 5.41 Å². The van der Waals surface area contributed by atoms with Gasteiger partial charge in [-0.05, 0) is 45.4 Å². The molecule has 0 aromatic rings. The van der Waals surface area contributed by atoms with Gasteiger partial charge in [-0.1, -0.05) is 0 Å². The number of likely N-dealkylation sites (tertiary alicyclic amines) is 1. The van der Waals surface area contributed by atoms with Gasteiger partial charge >= 0.3 is 6.03 Å². The summed E-state index contributed by atoms with van der Waals surface area (Å²) in [6.45, 7) is 7.99. The molecule has 0 aromatic carbocycles. The van der Waals surface area contributed by atoms with Crippen molar-refractivity contribution in [3.05, 3.63) is 0 Å². The van der Waals surface area contributed by atoms with E-state index < -0.39 is 0 Å². The minimum Gasteiger partial charge on any atom is -0.333 e. The zero-order chi connectivity index (χ0) is 10.4. The molecule has 0 unspecified atom stereocenters. The maximum absolute atomic E-state index is 11.8. The molecule has 1 saturated carbocycles. The van der Waals surface area contributed by atoms with Gasteiger partial charge in [0.05, 0.1) is 0 Å². The molecule has 1 spiro atoms. The van der Waals surface area contributed by atoms with Crippen LogP contribution in [0.4, 0.5) is 4.79 Å². The number of amides is 2. The van der Waals surface area contributed by atoms with E-state index in [1.807, 2.05) is 25.7 Å². The van der Waals surface area contributed by atoms with Crippen LogP contribution in [0, 0.1) is 5.41 Å². The summed E-state index contributed by atoms with van der Waals surface area (Å²) in [4.78, 5) is 13.8. The molecule has 1 aliphatic carbocycles. The van der Waals surface area contributed by atoms with Crippen molar-refractivity contribution in [2.75, 3.05) is 13.1 Å². The first kappa shape index (κ1) is 9.81. The lowest BCUT2D eigenvalue weighted by Crippen LogP contribution is -2.47. The summed E-state index contributed by atoms with van der Waals surface area (Å²) < 4.78 is 0. The standard InChI is InChI=1S/C11H20N2O/c1-10(2,3)12-9(14)13-7-6-11(8-13)4-5-11/h4-8H2,1-3H3,(H,12,14). The summed E-state index contributed by atoms with van der Waals surface area (Å²) in [5.74, 6) is 0. The van der Waals surface area contributed by atoms with Crippen molar-refractivity contribution < 1.29 is 4.79 Å². The summed E-state index contributed by atoms with van der Waals surface area (Å²) in [6.07, 6.45) is 3.86. The Labute approximate surface area is 85.8 Å². The summed E-state index contributed by atoms with van der Waals surface area (Å²) in [5.41, 5.74) is 0.422. The summed E-state index contributed by atoms with van der Waals surface area (Å²) >= 11 is 0. The number of hydrogen-bond acceptors (Lipinski definition) is 1. The lowest BCUT2D eigenvalue weighted by molar-refractivity contribution is 0.197. The third-order valence-corrected chi connectivity index (χ3v) is 3.16. The van der Waals surface area contributed by atoms with Crippen molar-refractivity contribution in [1.82, 2.24) is 10.2 Å². The highest BCUT2D eigenvalue weighted by atomic mass is 16.2. The van der Waals surface area contributed by atoms with E-state index in [9.17, 15) is 4.79 Å². The van der Waals surface area contributed by atoms with Gasteiger partial charge in [0.2, 0.25) is 0 Å². The van der Waals surface area contributed by atoms with E-state index in [1.165, 1.54) is 19.3 Å². The van der Waals surface area contributed by atoms with Crippen LogP contribution in [0.25, 0.3) is 0 Å². The second kappa shape index (κ2) is 2.88. The molecule has 0 radical (unpaired) electrons. The van der Waals surface area contributed by atoms with E-state index in [0.717, 1.165) is 13.1 Å². The number of urea groups is 1. The van der Waals surface area contributed by atoms with Gasteiger partial charge in [-0.2, -0.15) is 0 Å². The Kier molecular flexibility index (Phi) is 2.02. The zero-order valence-electron chi connectivity index (χ0n) is 9.39. The van der Waals surface area contributed by atoms with E-state index in [1.54, 1.807) is 0 Å². The highest BCUT2D eigenvalue weighted by Gasteiger charge is 2.48. The fourth-order valence-electron chi connectivity index (χ4n) is 2.09. The van der Waals surface area contributed by atoms with Gasteiger partial charge in [0, 0.05) is 18.6 Å². The first-order chi connectivity index (χ1) is 6.40. The molecule has 0 aromatic heterocycles. The molecule has 14 heavy (non-hydrogen) atoms. The Morgan fingerprint density at radius 1 is 1.29 bits per heavy atom. The normalized spacial score (nSPS) is 24.1. The Morgan fingerprint density at radius 3 is 2.36 bits per heavy atom. The molecule has 0 atom stereocenters. The maximum Gasteiger partial charge on any atom is 0.317 e. The van der Waals surface area contributed by atoms with Crippen molar-refractivity contribution in [3.63, 3.8) is 0 Å². The van der Waals surface area contributed by atoms with Gasteiger partial charge in [0.1, 0.15) is 0 Å².